The zero-order chi connectivity index (χ0) is 8.48. The highest BCUT2D eigenvalue weighted by molar-refractivity contribution is 7.91. The molecule has 0 bridgehead atoms. The maximum absolute atomic E-state index is 11.9. The molecule has 0 aromatic heterocycles. The van der Waals surface area contributed by atoms with Gasteiger partial charge in [-0.05, 0) is 18.4 Å². The van der Waals surface area contributed by atoms with E-state index in [0.717, 1.165) is 0 Å². The second-order valence-electron chi connectivity index (χ2n) is 2.52. The van der Waals surface area contributed by atoms with Crippen molar-refractivity contribution < 1.29 is 17.2 Å². The Morgan fingerprint density at radius 3 is 2.00 bits per heavy atom. The highest BCUT2D eigenvalue weighted by atomic mass is 32.2. The summed E-state index contributed by atoms with van der Waals surface area (Å²) in [6.45, 7) is 0. The van der Waals surface area contributed by atoms with Crippen LogP contribution in [0.2, 0.25) is 0 Å². The largest absolute Gasteiger partial charge is 0.269 e. The van der Waals surface area contributed by atoms with E-state index < -0.39 is 15.9 Å². The van der Waals surface area contributed by atoms with E-state index in [1.165, 1.54) is 0 Å². The zero-order valence-corrected chi connectivity index (χ0v) is 6.63. The van der Waals surface area contributed by atoms with Gasteiger partial charge in [-0.15, -0.1) is 0 Å². The molecule has 0 N–H and O–H groups in total. The van der Waals surface area contributed by atoms with Crippen LogP contribution in [0, 0.1) is 0 Å². The minimum Gasteiger partial charge on any atom is -0.229 e. The maximum atomic E-state index is 11.9. The molecule has 64 valence electrons. The summed E-state index contributed by atoms with van der Waals surface area (Å²) in [5.74, 6) is -0.251. The number of rotatable bonds is 0. The molecule has 11 heavy (non-hydrogen) atoms. The molecule has 1 saturated heterocycles. The van der Waals surface area contributed by atoms with Gasteiger partial charge in [0.15, 0.2) is 9.84 Å². The lowest BCUT2D eigenvalue weighted by atomic mass is 10.2. The molecule has 0 aromatic rings. The smallest absolute Gasteiger partial charge is 0.229 e. The van der Waals surface area contributed by atoms with Gasteiger partial charge in [-0.3, -0.25) is 0 Å². The van der Waals surface area contributed by atoms with Crippen LogP contribution in [0.5, 0.6) is 0 Å². The van der Waals surface area contributed by atoms with Gasteiger partial charge in [0.2, 0.25) is 0 Å². The molecule has 1 heterocycles. The average Bonchev–Trinajstić information content (AvgIpc) is 1.86. The molecule has 0 atom stereocenters. The highest BCUT2D eigenvalue weighted by Gasteiger charge is 2.21. The van der Waals surface area contributed by atoms with Crippen LogP contribution in [0.15, 0.2) is 11.7 Å². The molecule has 1 fully saturated rings. The van der Waals surface area contributed by atoms with Crippen molar-refractivity contribution in [2.24, 2.45) is 0 Å². The Morgan fingerprint density at radius 2 is 1.64 bits per heavy atom. The first-order chi connectivity index (χ1) is 5.01. The summed E-state index contributed by atoms with van der Waals surface area (Å²) in [7, 11) is -3.02. The van der Waals surface area contributed by atoms with Gasteiger partial charge in [0.05, 0.1) is 11.5 Å². The fourth-order valence-corrected chi connectivity index (χ4v) is 2.29. The van der Waals surface area contributed by atoms with E-state index >= 15 is 0 Å². The number of halogens is 2. The third kappa shape index (κ3) is 2.25. The standard InChI is InChI=1S/C6H8F2O2S/c7-6(8)5-1-3-11(9,10)4-2-5/h1-4H2. The summed E-state index contributed by atoms with van der Waals surface area (Å²) >= 11 is 0. The first-order valence-corrected chi connectivity index (χ1v) is 5.07. The number of allylic oxidation sites excluding steroid dienone is 1. The molecule has 0 radical (unpaired) electrons. The Hall–Kier alpha value is -0.450. The molecule has 0 saturated carbocycles. The van der Waals surface area contributed by atoms with Gasteiger partial charge in [0, 0.05) is 0 Å². The van der Waals surface area contributed by atoms with Crippen molar-refractivity contribution in [3.63, 3.8) is 0 Å². The average molecular weight is 182 g/mol. The van der Waals surface area contributed by atoms with E-state index in [9.17, 15) is 17.2 Å². The van der Waals surface area contributed by atoms with Gasteiger partial charge >= 0.3 is 0 Å². The Morgan fingerprint density at radius 1 is 1.18 bits per heavy atom. The van der Waals surface area contributed by atoms with Crippen molar-refractivity contribution in [1.29, 1.82) is 0 Å². The zero-order valence-electron chi connectivity index (χ0n) is 5.81. The number of hydrogen-bond donors (Lipinski definition) is 0. The van der Waals surface area contributed by atoms with Gasteiger partial charge in [0.1, 0.15) is 0 Å². The summed E-state index contributed by atoms with van der Waals surface area (Å²) in [6.07, 6.45) is -1.70. The first-order valence-electron chi connectivity index (χ1n) is 3.25. The lowest BCUT2D eigenvalue weighted by Crippen LogP contribution is -2.18. The Bertz CT molecular complexity index is 259. The molecular weight excluding hydrogens is 174 g/mol. The lowest BCUT2D eigenvalue weighted by Gasteiger charge is -2.12. The van der Waals surface area contributed by atoms with Gasteiger partial charge in [-0.2, -0.15) is 8.78 Å². The van der Waals surface area contributed by atoms with E-state index in [1.807, 2.05) is 0 Å². The van der Waals surface area contributed by atoms with E-state index in [4.69, 9.17) is 0 Å². The van der Waals surface area contributed by atoms with Crippen LogP contribution in [0.4, 0.5) is 8.78 Å². The molecule has 0 aromatic carbocycles. The van der Waals surface area contributed by atoms with Gasteiger partial charge in [-0.25, -0.2) is 8.42 Å². The van der Waals surface area contributed by atoms with Crippen LogP contribution in [0.1, 0.15) is 12.8 Å². The number of sulfone groups is 1. The summed E-state index contributed by atoms with van der Waals surface area (Å²) < 4.78 is 45.2. The van der Waals surface area contributed by atoms with Crippen molar-refractivity contribution in [1.82, 2.24) is 0 Å². The normalized spacial score (nSPS) is 23.3. The van der Waals surface area contributed by atoms with Crippen LogP contribution in [-0.2, 0) is 9.84 Å². The summed E-state index contributed by atoms with van der Waals surface area (Å²) in [5, 5.41) is 0. The van der Waals surface area contributed by atoms with E-state index in [0.29, 0.717) is 0 Å². The van der Waals surface area contributed by atoms with Gasteiger partial charge in [-0.1, -0.05) is 0 Å². The number of hydrogen-bond acceptors (Lipinski definition) is 2. The third-order valence-corrected chi connectivity index (χ3v) is 3.35. The minimum absolute atomic E-state index is 0.000162. The topological polar surface area (TPSA) is 34.1 Å². The lowest BCUT2D eigenvalue weighted by molar-refractivity contribution is 0.404. The van der Waals surface area contributed by atoms with Crippen LogP contribution in [0.3, 0.4) is 0 Å². The van der Waals surface area contributed by atoms with Crippen molar-refractivity contribution in [3.8, 4) is 0 Å². The molecule has 0 spiro atoms. The fourth-order valence-electron chi connectivity index (χ4n) is 0.973. The molecule has 1 aliphatic rings. The second kappa shape index (κ2) is 2.89. The molecule has 1 rings (SSSR count). The molecule has 0 unspecified atom stereocenters. The van der Waals surface area contributed by atoms with Crippen LogP contribution >= 0.6 is 0 Å². The molecule has 0 amide bonds. The third-order valence-electron chi connectivity index (χ3n) is 1.70. The first kappa shape index (κ1) is 8.64. The summed E-state index contributed by atoms with van der Waals surface area (Å²) in [4.78, 5) is 0. The van der Waals surface area contributed by atoms with E-state index in [1.54, 1.807) is 0 Å². The monoisotopic (exact) mass is 182 g/mol. The quantitative estimate of drug-likeness (QED) is 0.566. The van der Waals surface area contributed by atoms with E-state index in [-0.39, 0.29) is 29.9 Å². The van der Waals surface area contributed by atoms with Gasteiger partial charge in [0.25, 0.3) is 6.08 Å². The highest BCUT2D eigenvalue weighted by Crippen LogP contribution is 2.22. The molecule has 2 nitrogen and oxygen atoms in total. The van der Waals surface area contributed by atoms with Gasteiger partial charge < -0.3 is 0 Å². The molecule has 0 aliphatic carbocycles. The van der Waals surface area contributed by atoms with Crippen LogP contribution in [0.25, 0.3) is 0 Å². The second-order valence-corrected chi connectivity index (χ2v) is 4.82. The van der Waals surface area contributed by atoms with E-state index in [2.05, 4.69) is 0 Å². The molecule has 1 aliphatic heterocycles. The summed E-state index contributed by atoms with van der Waals surface area (Å²) in [5.41, 5.74) is -0.000162. The summed E-state index contributed by atoms with van der Waals surface area (Å²) in [6, 6.07) is 0. The minimum atomic E-state index is -3.02. The Kier molecular flexibility index (Phi) is 2.27. The van der Waals surface area contributed by atoms with Crippen molar-refractivity contribution in [2.75, 3.05) is 11.5 Å². The SMILES string of the molecule is O=S1(=O)CCC(=C(F)F)CC1. The van der Waals surface area contributed by atoms with Crippen LogP contribution in [-0.4, -0.2) is 19.9 Å². The van der Waals surface area contributed by atoms with Crippen molar-refractivity contribution in [2.45, 2.75) is 12.8 Å². The molecular formula is C6H8F2O2S. The molecule has 5 heteroatoms. The van der Waals surface area contributed by atoms with Crippen LogP contribution < -0.4 is 0 Å². The van der Waals surface area contributed by atoms with Crippen molar-refractivity contribution in [3.05, 3.63) is 11.7 Å². The Balaban J connectivity index is 2.71. The predicted octanol–water partition coefficient (Wildman–Crippen LogP) is 1.35. The van der Waals surface area contributed by atoms with Crippen molar-refractivity contribution >= 4 is 9.84 Å². The maximum Gasteiger partial charge on any atom is 0.269 e. The Labute approximate surface area is 63.8 Å². The predicted molar refractivity (Wildman–Crippen MR) is 37.1 cm³/mol. The fraction of sp³-hybridized carbons (Fsp3) is 0.667.